The van der Waals surface area contributed by atoms with Crippen molar-refractivity contribution in [2.45, 2.75) is 37.4 Å². The van der Waals surface area contributed by atoms with Gasteiger partial charge in [-0.2, -0.15) is 18.4 Å². The van der Waals surface area contributed by atoms with Gasteiger partial charge in [0.25, 0.3) is 0 Å². The molecule has 0 aromatic rings. The first-order chi connectivity index (χ1) is 7.37. The summed E-state index contributed by atoms with van der Waals surface area (Å²) in [6.45, 7) is 0.0128. The van der Waals surface area contributed by atoms with Crippen molar-refractivity contribution >= 4 is 0 Å². The molecule has 1 aliphatic carbocycles. The normalized spacial score (nSPS) is 20.2. The summed E-state index contributed by atoms with van der Waals surface area (Å²) in [4.78, 5) is 0. The van der Waals surface area contributed by atoms with Gasteiger partial charge in [-0.15, -0.1) is 0 Å². The lowest BCUT2D eigenvalue weighted by Gasteiger charge is -2.20. The third kappa shape index (κ3) is 4.37. The SMILES string of the molecule is N#CC(N)(COCCCC(F)(F)F)C1CC1. The van der Waals surface area contributed by atoms with Gasteiger partial charge in [-0.25, -0.2) is 0 Å². The number of ether oxygens (including phenoxy) is 1. The fourth-order valence-electron chi connectivity index (χ4n) is 1.46. The fourth-order valence-corrected chi connectivity index (χ4v) is 1.46. The van der Waals surface area contributed by atoms with Crippen LogP contribution in [0.1, 0.15) is 25.7 Å². The lowest BCUT2D eigenvalue weighted by Crippen LogP contribution is -2.45. The molecular formula is C10H15F3N2O. The van der Waals surface area contributed by atoms with Gasteiger partial charge in [-0.05, 0) is 25.2 Å². The number of rotatable bonds is 6. The average molecular weight is 236 g/mol. The highest BCUT2D eigenvalue weighted by Gasteiger charge is 2.42. The minimum absolute atomic E-state index is 0.00708. The van der Waals surface area contributed by atoms with E-state index in [2.05, 4.69) is 0 Å². The van der Waals surface area contributed by atoms with E-state index in [1.165, 1.54) is 0 Å². The Morgan fingerprint density at radius 2 is 2.00 bits per heavy atom. The molecule has 0 heterocycles. The molecule has 0 saturated heterocycles. The second-order valence-electron chi connectivity index (χ2n) is 4.20. The highest BCUT2D eigenvalue weighted by molar-refractivity contribution is 5.13. The standard InChI is InChI=1S/C10H15F3N2O/c11-10(12,13)4-1-5-16-7-9(15,6-14)8-2-3-8/h8H,1-5,7,15H2. The Kier molecular flexibility index (Phi) is 4.16. The summed E-state index contributed by atoms with van der Waals surface area (Å²) in [5.74, 6) is 0.139. The molecule has 1 atom stereocenters. The van der Waals surface area contributed by atoms with Gasteiger partial charge < -0.3 is 10.5 Å². The van der Waals surface area contributed by atoms with Crippen LogP contribution in [-0.4, -0.2) is 24.9 Å². The minimum atomic E-state index is -4.14. The molecule has 1 unspecified atom stereocenters. The zero-order chi connectivity index (χ0) is 12.2. The van der Waals surface area contributed by atoms with Crippen molar-refractivity contribution < 1.29 is 17.9 Å². The van der Waals surface area contributed by atoms with Crippen LogP contribution >= 0.6 is 0 Å². The number of nitrogens with zero attached hydrogens (tertiary/aromatic N) is 1. The summed E-state index contributed by atoms with van der Waals surface area (Å²) in [5.41, 5.74) is 4.75. The first kappa shape index (κ1) is 13.3. The van der Waals surface area contributed by atoms with Crippen molar-refractivity contribution in [3.05, 3.63) is 0 Å². The van der Waals surface area contributed by atoms with Gasteiger partial charge in [-0.1, -0.05) is 0 Å². The van der Waals surface area contributed by atoms with E-state index < -0.39 is 18.1 Å². The first-order valence-corrected chi connectivity index (χ1v) is 5.22. The Labute approximate surface area is 92.4 Å². The van der Waals surface area contributed by atoms with Gasteiger partial charge in [0.05, 0.1) is 12.7 Å². The third-order valence-corrected chi connectivity index (χ3v) is 2.60. The highest BCUT2D eigenvalue weighted by Crippen LogP contribution is 2.38. The Morgan fingerprint density at radius 1 is 1.38 bits per heavy atom. The van der Waals surface area contributed by atoms with Crippen molar-refractivity contribution in [2.24, 2.45) is 11.7 Å². The van der Waals surface area contributed by atoms with E-state index >= 15 is 0 Å². The second-order valence-corrected chi connectivity index (χ2v) is 4.20. The second kappa shape index (κ2) is 5.02. The largest absolute Gasteiger partial charge is 0.389 e. The molecule has 1 rings (SSSR count). The van der Waals surface area contributed by atoms with Crippen LogP contribution in [0.25, 0.3) is 0 Å². The van der Waals surface area contributed by atoms with E-state index in [1.807, 2.05) is 6.07 Å². The van der Waals surface area contributed by atoms with Crippen LogP contribution in [0.15, 0.2) is 0 Å². The van der Waals surface area contributed by atoms with Gasteiger partial charge >= 0.3 is 6.18 Å². The minimum Gasteiger partial charge on any atom is -0.378 e. The quantitative estimate of drug-likeness (QED) is 0.717. The van der Waals surface area contributed by atoms with E-state index in [1.54, 1.807) is 0 Å². The van der Waals surface area contributed by atoms with E-state index in [9.17, 15) is 13.2 Å². The lowest BCUT2D eigenvalue weighted by molar-refractivity contribution is -0.138. The molecule has 0 amide bonds. The third-order valence-electron chi connectivity index (χ3n) is 2.60. The summed E-state index contributed by atoms with van der Waals surface area (Å²) in [5, 5.41) is 8.85. The fraction of sp³-hybridized carbons (Fsp3) is 0.900. The molecule has 0 spiro atoms. The van der Waals surface area contributed by atoms with E-state index in [0.29, 0.717) is 0 Å². The number of nitriles is 1. The van der Waals surface area contributed by atoms with Gasteiger partial charge in [0, 0.05) is 13.0 Å². The van der Waals surface area contributed by atoms with E-state index in [-0.39, 0.29) is 25.6 Å². The maximum Gasteiger partial charge on any atom is 0.389 e. The highest BCUT2D eigenvalue weighted by atomic mass is 19.4. The molecule has 0 aliphatic heterocycles. The predicted octanol–water partition coefficient (Wildman–Crippen LogP) is 1.98. The van der Waals surface area contributed by atoms with Gasteiger partial charge in [0.15, 0.2) is 0 Å². The number of hydrogen-bond donors (Lipinski definition) is 1. The molecule has 0 radical (unpaired) electrons. The maximum atomic E-state index is 11.8. The number of hydrogen-bond acceptors (Lipinski definition) is 3. The summed E-state index contributed by atoms with van der Waals surface area (Å²) in [6, 6.07) is 1.98. The summed E-state index contributed by atoms with van der Waals surface area (Å²) in [7, 11) is 0. The molecule has 16 heavy (non-hydrogen) atoms. The topological polar surface area (TPSA) is 59.0 Å². The lowest BCUT2D eigenvalue weighted by atomic mass is 9.98. The van der Waals surface area contributed by atoms with Crippen molar-refractivity contribution in [3.63, 3.8) is 0 Å². The van der Waals surface area contributed by atoms with Crippen LogP contribution < -0.4 is 5.73 Å². The molecule has 92 valence electrons. The van der Waals surface area contributed by atoms with E-state index in [0.717, 1.165) is 12.8 Å². The summed E-state index contributed by atoms with van der Waals surface area (Å²) >= 11 is 0. The zero-order valence-electron chi connectivity index (χ0n) is 8.89. The van der Waals surface area contributed by atoms with Crippen LogP contribution in [0.4, 0.5) is 13.2 Å². The number of halogens is 3. The molecule has 0 aromatic carbocycles. The first-order valence-electron chi connectivity index (χ1n) is 5.22. The van der Waals surface area contributed by atoms with Crippen molar-refractivity contribution in [1.29, 1.82) is 5.26 Å². The van der Waals surface area contributed by atoms with Crippen molar-refractivity contribution in [1.82, 2.24) is 0 Å². The Balaban J connectivity index is 2.13. The molecule has 2 N–H and O–H groups in total. The van der Waals surface area contributed by atoms with Crippen molar-refractivity contribution in [2.75, 3.05) is 13.2 Å². The number of alkyl halides is 3. The molecule has 0 bridgehead atoms. The molecule has 0 aromatic heterocycles. The maximum absolute atomic E-state index is 11.8. The molecule has 6 heteroatoms. The van der Waals surface area contributed by atoms with Gasteiger partial charge in [0.2, 0.25) is 0 Å². The van der Waals surface area contributed by atoms with Crippen LogP contribution in [0.2, 0.25) is 0 Å². The van der Waals surface area contributed by atoms with Crippen LogP contribution in [0, 0.1) is 17.2 Å². The average Bonchev–Trinajstić information content (AvgIpc) is 2.98. The van der Waals surface area contributed by atoms with Gasteiger partial charge in [-0.3, -0.25) is 0 Å². The van der Waals surface area contributed by atoms with Gasteiger partial charge in [0.1, 0.15) is 5.54 Å². The molecule has 1 saturated carbocycles. The van der Waals surface area contributed by atoms with E-state index in [4.69, 9.17) is 15.7 Å². The summed E-state index contributed by atoms with van der Waals surface area (Å²) < 4.78 is 40.4. The molecule has 1 fully saturated rings. The Bertz CT molecular complexity index is 270. The van der Waals surface area contributed by atoms with Crippen molar-refractivity contribution in [3.8, 4) is 6.07 Å². The molecule has 3 nitrogen and oxygen atoms in total. The smallest absolute Gasteiger partial charge is 0.378 e. The number of nitrogens with two attached hydrogens (primary N) is 1. The Hall–Kier alpha value is -0.800. The zero-order valence-corrected chi connectivity index (χ0v) is 8.89. The predicted molar refractivity (Wildman–Crippen MR) is 51.4 cm³/mol. The van der Waals surface area contributed by atoms with Crippen LogP contribution in [-0.2, 0) is 4.74 Å². The summed E-state index contributed by atoms with van der Waals surface area (Å²) in [6.07, 6.45) is -3.29. The van der Waals surface area contributed by atoms with Crippen LogP contribution in [0.5, 0.6) is 0 Å². The van der Waals surface area contributed by atoms with Crippen LogP contribution in [0.3, 0.4) is 0 Å². The molecular weight excluding hydrogens is 221 g/mol. The monoisotopic (exact) mass is 236 g/mol. The molecule has 1 aliphatic rings. The Morgan fingerprint density at radius 3 is 2.44 bits per heavy atom.